The fraction of sp³-hybridized carbons (Fsp3) is 0.786. The molecule has 0 bridgehead atoms. The van der Waals surface area contributed by atoms with Crippen LogP contribution in [0.3, 0.4) is 0 Å². The van der Waals surface area contributed by atoms with Crippen LogP contribution in [0.5, 0.6) is 0 Å². The first-order chi connectivity index (χ1) is 20.2. The summed E-state index contributed by atoms with van der Waals surface area (Å²) in [4.78, 5) is 30.3. The van der Waals surface area contributed by atoms with Gasteiger partial charge in [-0.15, -0.1) is 0 Å². The van der Waals surface area contributed by atoms with Gasteiger partial charge < -0.3 is 37.6 Å². The predicted molar refractivity (Wildman–Crippen MR) is 162 cm³/mol. The number of rotatable bonds is 13. The van der Waals surface area contributed by atoms with E-state index in [2.05, 4.69) is 60.4 Å². The van der Waals surface area contributed by atoms with Gasteiger partial charge in [-0.2, -0.15) is 10.2 Å². The van der Waals surface area contributed by atoms with Crippen molar-refractivity contribution in [2.24, 2.45) is 0 Å². The largest absolute Gasteiger partial charge is 0.414 e. The second kappa shape index (κ2) is 14.8. The van der Waals surface area contributed by atoms with E-state index in [1.54, 1.807) is 0 Å². The van der Waals surface area contributed by atoms with Crippen molar-refractivity contribution in [1.82, 2.24) is 9.55 Å². The fourth-order valence-corrected chi connectivity index (χ4v) is 17.2. The molecule has 242 valence electrons. The molecular formula is C28H48N4O9Si2. The normalized spacial score (nSPS) is 26.8. The number of carbonyl (C=O) groups is 1. The summed E-state index contributed by atoms with van der Waals surface area (Å²) in [6, 6.07) is 3.49. The van der Waals surface area contributed by atoms with E-state index in [-0.39, 0.29) is 60.4 Å². The molecule has 0 aliphatic carbocycles. The van der Waals surface area contributed by atoms with Crippen molar-refractivity contribution in [2.45, 2.75) is 122 Å². The van der Waals surface area contributed by atoms with Gasteiger partial charge in [0, 0.05) is 6.20 Å². The van der Waals surface area contributed by atoms with E-state index in [0.29, 0.717) is 0 Å². The van der Waals surface area contributed by atoms with Gasteiger partial charge >= 0.3 is 22.8 Å². The van der Waals surface area contributed by atoms with E-state index in [1.165, 1.54) is 23.8 Å². The Kier molecular flexibility index (Phi) is 12.2. The molecule has 2 saturated heterocycles. The number of nitriles is 1. The lowest BCUT2D eigenvalue weighted by Gasteiger charge is -2.52. The topological polar surface area (TPSA) is 166 Å². The van der Waals surface area contributed by atoms with Crippen LogP contribution in [0.1, 0.15) is 75.0 Å². The minimum atomic E-state index is -3.15. The summed E-state index contributed by atoms with van der Waals surface area (Å²) < 4.78 is 46.3. The average molecular weight is 641 g/mol. The zero-order valence-corrected chi connectivity index (χ0v) is 28.8. The molecule has 43 heavy (non-hydrogen) atoms. The van der Waals surface area contributed by atoms with Crippen LogP contribution < -0.4 is 11.4 Å². The molecule has 13 nitrogen and oxygen atoms in total. The number of hydrogen-bond acceptors (Lipinski definition) is 12. The van der Waals surface area contributed by atoms with Crippen molar-refractivity contribution in [1.29, 1.82) is 5.26 Å². The maximum atomic E-state index is 13.3. The maximum Gasteiger partial charge on any atom is 0.351 e. The van der Waals surface area contributed by atoms with Crippen LogP contribution in [-0.4, -0.2) is 77.1 Å². The van der Waals surface area contributed by atoms with E-state index >= 15 is 0 Å². The molecule has 3 rings (SSSR count). The third kappa shape index (κ3) is 7.46. The van der Waals surface area contributed by atoms with Crippen LogP contribution in [0, 0.1) is 11.3 Å². The van der Waals surface area contributed by atoms with Gasteiger partial charge in [-0.1, -0.05) is 55.4 Å². The van der Waals surface area contributed by atoms with Crippen molar-refractivity contribution in [3.63, 3.8) is 0 Å². The number of anilines is 1. The third-order valence-electron chi connectivity index (χ3n) is 8.09. The molecule has 1 aromatic rings. The Morgan fingerprint density at radius 1 is 1.02 bits per heavy atom. The van der Waals surface area contributed by atoms with Crippen LogP contribution in [0.2, 0.25) is 22.2 Å². The molecule has 2 N–H and O–H groups in total. The lowest BCUT2D eigenvalue weighted by Crippen LogP contribution is -2.68. The first-order valence-corrected chi connectivity index (χ1v) is 18.9. The second-order valence-corrected chi connectivity index (χ2v) is 21.1. The number of carbonyl (C=O) groups excluding carboxylic acids is 1. The summed E-state index contributed by atoms with van der Waals surface area (Å²) in [5.41, 5.74) is 5.13. The molecule has 2 fully saturated rings. The second-order valence-electron chi connectivity index (χ2n) is 12.3. The molecule has 1 unspecified atom stereocenters. The Morgan fingerprint density at radius 3 is 2.16 bits per heavy atom. The number of nitrogens with two attached hydrogens (primary N) is 1. The van der Waals surface area contributed by atoms with Gasteiger partial charge in [0.05, 0.1) is 19.1 Å². The Hall–Kier alpha value is -2.01. The van der Waals surface area contributed by atoms with Crippen LogP contribution in [0.4, 0.5) is 5.82 Å². The number of fused-ring (bicyclic) bond motifs is 1. The number of aromatic nitrogens is 2. The molecule has 0 radical (unpaired) electrons. The Bertz CT molecular complexity index is 1170. The van der Waals surface area contributed by atoms with Gasteiger partial charge in [0.15, 0.2) is 12.0 Å². The quantitative estimate of drug-likeness (QED) is 0.188. The van der Waals surface area contributed by atoms with Crippen LogP contribution in [0.15, 0.2) is 17.1 Å². The molecule has 15 heteroatoms. The monoisotopic (exact) mass is 640 g/mol. The summed E-state index contributed by atoms with van der Waals surface area (Å²) in [5, 5.41) is 8.71. The van der Waals surface area contributed by atoms with Gasteiger partial charge in [-0.25, -0.2) is 4.79 Å². The molecule has 0 amide bonds. The number of ketones is 1. The first-order valence-electron chi connectivity index (χ1n) is 14.9. The molecule has 0 saturated carbocycles. The molecule has 2 aliphatic heterocycles. The van der Waals surface area contributed by atoms with Crippen LogP contribution in [0.25, 0.3) is 0 Å². The Balaban J connectivity index is 2.14. The molecular weight excluding hydrogens is 592 g/mol. The maximum absolute atomic E-state index is 13.3. The summed E-state index contributed by atoms with van der Waals surface area (Å²) in [7, 11) is -6.27. The number of Topliss-reactive ketones (excluding diaryl/α,β-unsaturated/α-hetero) is 1. The van der Waals surface area contributed by atoms with E-state index in [9.17, 15) is 9.59 Å². The molecule has 0 spiro atoms. The number of nitrogen functional groups attached to an aromatic ring is 1. The fourth-order valence-electron chi connectivity index (χ4n) is 5.90. The van der Waals surface area contributed by atoms with E-state index in [1.807, 2.05) is 6.07 Å². The van der Waals surface area contributed by atoms with Crippen molar-refractivity contribution in [3.8, 4) is 6.07 Å². The van der Waals surface area contributed by atoms with Gasteiger partial charge in [-0.3, -0.25) is 9.36 Å². The van der Waals surface area contributed by atoms with E-state index in [4.69, 9.17) is 42.9 Å². The summed E-state index contributed by atoms with van der Waals surface area (Å²) in [6.07, 6.45) is -3.05. The minimum absolute atomic E-state index is 0.000371. The first kappa shape index (κ1) is 35.5. The van der Waals surface area contributed by atoms with Gasteiger partial charge in [-0.05, 0) is 35.2 Å². The van der Waals surface area contributed by atoms with Gasteiger partial charge in [0.25, 0.3) is 0 Å². The van der Waals surface area contributed by atoms with E-state index < -0.39 is 53.5 Å². The highest BCUT2D eigenvalue weighted by Crippen LogP contribution is 2.50. The summed E-state index contributed by atoms with van der Waals surface area (Å²) in [5.74, 6) is -0.182. The van der Waals surface area contributed by atoms with Gasteiger partial charge in [0.2, 0.25) is 0 Å². The number of ether oxygens (including phenoxy) is 4. The van der Waals surface area contributed by atoms with Crippen molar-refractivity contribution in [3.05, 3.63) is 22.7 Å². The smallest absolute Gasteiger partial charge is 0.351 e. The molecule has 1 aromatic heterocycles. The van der Waals surface area contributed by atoms with Crippen molar-refractivity contribution >= 4 is 28.7 Å². The molecule has 0 aromatic carbocycles. The minimum Gasteiger partial charge on any atom is -0.414 e. The molecule has 3 heterocycles. The van der Waals surface area contributed by atoms with Crippen molar-refractivity contribution in [2.75, 3.05) is 25.9 Å². The SMILES string of the molecule is CC(=O)C1O[Si](C(C)C)(C(C)C)O[Si](C(C)C)(C(C)C)O[C@H]2[C@@H](OCOCOCCC#N)[C@H](n3ccc(N)nc3=O)O[C@H]12. The lowest BCUT2D eigenvalue weighted by atomic mass is 10.0. The van der Waals surface area contributed by atoms with Gasteiger partial charge in [0.1, 0.15) is 43.8 Å². The Labute approximate surface area is 256 Å². The van der Waals surface area contributed by atoms with Crippen LogP contribution in [-0.2, 0) is 36.7 Å². The Morgan fingerprint density at radius 2 is 1.63 bits per heavy atom. The highest BCUT2D eigenvalue weighted by molar-refractivity contribution is 6.84. The predicted octanol–water partition coefficient (Wildman–Crippen LogP) is 3.88. The molecule has 5 atom stereocenters. The standard InChI is InChI=1S/C28H48N4O9Si2/c1-17(2)42(18(3)4)39-23(21(9)33)24-25(40-43(41-42,19(5)6)20(7)8)26(37-16-36-15-35-14-10-12-29)27(38-24)32-13-11-22(30)31-28(32)34/h11,13,17-20,23-27H,10,14-16H2,1-9H3,(H2,30,31,34)/t23?,24-,25-,26-,27-/m1/s1. The zero-order chi connectivity index (χ0) is 32.1. The zero-order valence-electron chi connectivity index (χ0n) is 26.8. The third-order valence-corrected chi connectivity index (χ3v) is 18.3. The molecule has 2 aliphatic rings. The van der Waals surface area contributed by atoms with Crippen LogP contribution >= 0.6 is 0 Å². The highest BCUT2D eigenvalue weighted by atomic mass is 28.5. The summed E-state index contributed by atoms with van der Waals surface area (Å²) >= 11 is 0. The van der Waals surface area contributed by atoms with E-state index in [0.717, 1.165) is 0 Å². The lowest BCUT2D eigenvalue weighted by molar-refractivity contribution is -0.175. The summed E-state index contributed by atoms with van der Waals surface area (Å²) in [6.45, 7) is 18.0. The highest BCUT2D eigenvalue weighted by Gasteiger charge is 2.64. The van der Waals surface area contributed by atoms with Crippen molar-refractivity contribution < 1.29 is 36.7 Å². The average Bonchev–Trinajstić information content (AvgIpc) is 3.23. The number of nitrogens with zero attached hydrogens (tertiary/aromatic N) is 3. The number of hydrogen-bond donors (Lipinski definition) is 1.